The number of ketones is 1. The number of ether oxygens (including phenoxy) is 2. The highest BCUT2D eigenvalue weighted by molar-refractivity contribution is 6.08. The first-order chi connectivity index (χ1) is 12.5. The minimum atomic E-state index is -0.664. The van der Waals surface area contributed by atoms with E-state index < -0.39 is 5.91 Å². The molecule has 0 aliphatic heterocycles. The van der Waals surface area contributed by atoms with Crippen LogP contribution >= 0.6 is 0 Å². The SMILES string of the molecule is O=C(COCCOc1cc(O)c2c(O)c3c(cc2c1)CCCC3=O)NO. The Morgan fingerprint density at radius 2 is 1.96 bits per heavy atom. The van der Waals surface area contributed by atoms with Gasteiger partial charge < -0.3 is 19.7 Å². The summed E-state index contributed by atoms with van der Waals surface area (Å²) in [7, 11) is 0. The Hall–Kier alpha value is -2.84. The van der Waals surface area contributed by atoms with E-state index in [2.05, 4.69) is 0 Å². The third kappa shape index (κ3) is 3.56. The van der Waals surface area contributed by atoms with Gasteiger partial charge in [0, 0.05) is 12.5 Å². The lowest BCUT2D eigenvalue weighted by molar-refractivity contribution is -0.134. The van der Waals surface area contributed by atoms with Crippen molar-refractivity contribution in [3.05, 3.63) is 29.3 Å². The van der Waals surface area contributed by atoms with Crippen LogP contribution in [-0.2, 0) is 16.0 Å². The zero-order valence-electron chi connectivity index (χ0n) is 13.9. The zero-order chi connectivity index (χ0) is 18.7. The minimum absolute atomic E-state index is 0.107. The summed E-state index contributed by atoms with van der Waals surface area (Å²) in [6.45, 7) is -0.0634. The molecule has 8 nitrogen and oxygen atoms in total. The Morgan fingerprint density at radius 1 is 1.15 bits per heavy atom. The monoisotopic (exact) mass is 361 g/mol. The topological polar surface area (TPSA) is 125 Å². The van der Waals surface area contributed by atoms with Crippen LogP contribution in [0, 0.1) is 0 Å². The molecule has 8 heteroatoms. The molecule has 2 aromatic rings. The largest absolute Gasteiger partial charge is 0.507 e. The maximum absolute atomic E-state index is 12.1. The molecule has 0 atom stereocenters. The van der Waals surface area contributed by atoms with Crippen LogP contribution in [0.2, 0.25) is 0 Å². The van der Waals surface area contributed by atoms with Gasteiger partial charge in [-0.1, -0.05) is 0 Å². The Kier molecular flexibility index (Phi) is 5.24. The number of benzene rings is 2. The number of Topliss-reactive ketones (excluding diaryl/α,β-unsaturated/α-hetero) is 1. The normalized spacial score (nSPS) is 13.5. The van der Waals surface area contributed by atoms with Gasteiger partial charge >= 0.3 is 0 Å². The molecule has 0 saturated carbocycles. The molecule has 0 spiro atoms. The van der Waals surface area contributed by atoms with Crippen LogP contribution in [0.3, 0.4) is 0 Å². The smallest absolute Gasteiger partial charge is 0.269 e. The fourth-order valence-electron chi connectivity index (χ4n) is 3.10. The number of amides is 1. The van der Waals surface area contributed by atoms with Crippen molar-refractivity contribution in [1.29, 1.82) is 0 Å². The highest BCUT2D eigenvalue weighted by atomic mass is 16.5. The number of hydrogen-bond acceptors (Lipinski definition) is 7. The molecule has 0 aromatic heterocycles. The number of fused-ring (bicyclic) bond motifs is 2. The number of carbonyl (C=O) groups is 2. The maximum atomic E-state index is 12.1. The summed E-state index contributed by atoms with van der Waals surface area (Å²) < 4.78 is 10.5. The number of phenolic OH excluding ortho intramolecular Hbond substituents is 2. The van der Waals surface area contributed by atoms with Gasteiger partial charge in [0.1, 0.15) is 30.5 Å². The molecule has 0 bridgehead atoms. The molecule has 4 N–H and O–H groups in total. The number of aryl methyl sites for hydroxylation is 1. The lowest BCUT2D eigenvalue weighted by Crippen LogP contribution is -2.25. The van der Waals surface area contributed by atoms with Crippen molar-refractivity contribution in [3.63, 3.8) is 0 Å². The standard InChI is InChI=1S/C18H19NO7/c20-13-3-1-2-10-6-11-7-12(26-5-4-25-9-15(22)19-24)8-14(21)17(11)18(23)16(10)13/h6-8,21,23-24H,1-5,9H2,(H,19,22). The maximum Gasteiger partial charge on any atom is 0.269 e. The summed E-state index contributed by atoms with van der Waals surface area (Å²) in [6, 6.07) is 4.80. The van der Waals surface area contributed by atoms with Crippen molar-refractivity contribution in [3.8, 4) is 17.2 Å². The quantitative estimate of drug-likeness (QED) is 0.350. The summed E-state index contributed by atoms with van der Waals surface area (Å²) in [4.78, 5) is 22.9. The van der Waals surface area contributed by atoms with Crippen LogP contribution in [0.15, 0.2) is 18.2 Å². The van der Waals surface area contributed by atoms with Gasteiger partial charge in [0.25, 0.3) is 5.91 Å². The summed E-state index contributed by atoms with van der Waals surface area (Å²) in [5.41, 5.74) is 2.51. The molecule has 0 heterocycles. The van der Waals surface area contributed by atoms with Crippen molar-refractivity contribution in [2.24, 2.45) is 0 Å². The second kappa shape index (κ2) is 7.59. The number of hydrogen-bond donors (Lipinski definition) is 4. The van der Waals surface area contributed by atoms with Crippen molar-refractivity contribution in [1.82, 2.24) is 5.48 Å². The second-order valence-electron chi connectivity index (χ2n) is 6.01. The summed E-state index contributed by atoms with van der Waals surface area (Å²) in [6.07, 6.45) is 1.82. The molecule has 0 unspecified atom stereocenters. The zero-order valence-corrected chi connectivity index (χ0v) is 13.9. The predicted molar refractivity (Wildman–Crippen MR) is 90.8 cm³/mol. The fourth-order valence-corrected chi connectivity index (χ4v) is 3.10. The summed E-state index contributed by atoms with van der Waals surface area (Å²) >= 11 is 0. The van der Waals surface area contributed by atoms with Crippen molar-refractivity contribution in [2.45, 2.75) is 19.3 Å². The fraction of sp³-hybridized carbons (Fsp3) is 0.333. The molecular formula is C18H19NO7. The number of nitrogens with one attached hydrogen (secondary N) is 1. The molecule has 3 rings (SSSR count). The molecule has 1 aliphatic carbocycles. The van der Waals surface area contributed by atoms with Crippen LogP contribution in [0.5, 0.6) is 17.2 Å². The van der Waals surface area contributed by atoms with Crippen LogP contribution < -0.4 is 10.2 Å². The first kappa shape index (κ1) is 18.0. The Balaban J connectivity index is 1.79. The van der Waals surface area contributed by atoms with Crippen LogP contribution in [0.4, 0.5) is 0 Å². The van der Waals surface area contributed by atoms with Crippen LogP contribution in [0.1, 0.15) is 28.8 Å². The number of phenols is 2. The van der Waals surface area contributed by atoms with Crippen LogP contribution in [-0.4, -0.2) is 46.9 Å². The van der Waals surface area contributed by atoms with Gasteiger partial charge in [-0.05, 0) is 35.9 Å². The Morgan fingerprint density at radius 3 is 2.73 bits per heavy atom. The summed E-state index contributed by atoms with van der Waals surface area (Å²) in [5.74, 6) is -0.786. The van der Waals surface area contributed by atoms with Gasteiger partial charge in [0.05, 0.1) is 17.6 Å². The van der Waals surface area contributed by atoms with E-state index in [1.165, 1.54) is 11.5 Å². The van der Waals surface area contributed by atoms with E-state index in [0.29, 0.717) is 29.5 Å². The van der Waals surface area contributed by atoms with Crippen molar-refractivity contribution < 1.29 is 34.5 Å². The second-order valence-corrected chi connectivity index (χ2v) is 6.01. The Bertz CT molecular complexity index is 862. The lowest BCUT2D eigenvalue weighted by Gasteiger charge is -2.18. The Labute approximate surface area is 148 Å². The van der Waals surface area contributed by atoms with E-state index in [-0.39, 0.29) is 42.5 Å². The van der Waals surface area contributed by atoms with E-state index >= 15 is 0 Å². The first-order valence-corrected chi connectivity index (χ1v) is 8.19. The van der Waals surface area contributed by atoms with Gasteiger partial charge in [0.2, 0.25) is 0 Å². The third-order valence-electron chi connectivity index (χ3n) is 4.23. The van der Waals surface area contributed by atoms with E-state index in [4.69, 9.17) is 14.7 Å². The molecule has 2 aromatic carbocycles. The molecule has 138 valence electrons. The van der Waals surface area contributed by atoms with Gasteiger partial charge in [-0.3, -0.25) is 14.8 Å². The molecule has 1 amide bonds. The van der Waals surface area contributed by atoms with Crippen LogP contribution in [0.25, 0.3) is 10.8 Å². The highest BCUT2D eigenvalue weighted by Gasteiger charge is 2.24. The molecule has 0 radical (unpaired) electrons. The van der Waals surface area contributed by atoms with Gasteiger partial charge in [-0.2, -0.15) is 0 Å². The molecule has 26 heavy (non-hydrogen) atoms. The number of rotatable bonds is 6. The first-order valence-electron chi connectivity index (χ1n) is 8.19. The minimum Gasteiger partial charge on any atom is -0.507 e. The predicted octanol–water partition coefficient (Wildman–Crippen LogP) is 1.67. The molecule has 0 fully saturated rings. The number of carbonyl (C=O) groups excluding carboxylic acids is 2. The van der Waals surface area contributed by atoms with Crippen molar-refractivity contribution >= 4 is 22.5 Å². The van der Waals surface area contributed by atoms with Gasteiger partial charge in [-0.25, -0.2) is 5.48 Å². The van der Waals surface area contributed by atoms with E-state index in [0.717, 1.165) is 12.0 Å². The summed E-state index contributed by atoms with van der Waals surface area (Å²) in [5, 5.41) is 29.9. The number of aromatic hydroxyl groups is 2. The lowest BCUT2D eigenvalue weighted by atomic mass is 9.87. The van der Waals surface area contributed by atoms with E-state index in [1.54, 1.807) is 12.1 Å². The average molecular weight is 361 g/mol. The molecule has 1 aliphatic rings. The highest BCUT2D eigenvalue weighted by Crippen LogP contribution is 2.42. The average Bonchev–Trinajstić information content (AvgIpc) is 2.60. The molecule has 0 saturated heterocycles. The van der Waals surface area contributed by atoms with E-state index in [9.17, 15) is 19.8 Å². The van der Waals surface area contributed by atoms with E-state index in [1.807, 2.05) is 0 Å². The molecular weight excluding hydrogens is 342 g/mol. The number of hydroxylamine groups is 1. The van der Waals surface area contributed by atoms with Gasteiger partial charge in [-0.15, -0.1) is 0 Å². The van der Waals surface area contributed by atoms with Gasteiger partial charge in [0.15, 0.2) is 5.78 Å². The van der Waals surface area contributed by atoms with Crippen molar-refractivity contribution in [2.75, 3.05) is 19.8 Å². The third-order valence-corrected chi connectivity index (χ3v) is 4.23.